The van der Waals surface area contributed by atoms with Crippen molar-refractivity contribution in [3.8, 4) is 11.5 Å². The molecule has 1 fully saturated rings. The first-order valence-electron chi connectivity index (χ1n) is 10.9. The predicted octanol–water partition coefficient (Wildman–Crippen LogP) is 1.30. The normalized spacial score (nSPS) is 16.1. The van der Waals surface area contributed by atoms with E-state index < -0.39 is 10.0 Å². The Kier molecular flexibility index (Phi) is 6.67. The minimum atomic E-state index is -3.95. The maximum atomic E-state index is 13.2. The highest BCUT2D eigenvalue weighted by Crippen LogP contribution is 2.34. The summed E-state index contributed by atoms with van der Waals surface area (Å²) in [6.45, 7) is 3.40. The van der Waals surface area contributed by atoms with E-state index in [9.17, 15) is 18.0 Å². The van der Waals surface area contributed by atoms with Crippen molar-refractivity contribution in [2.45, 2.75) is 11.8 Å². The van der Waals surface area contributed by atoms with Crippen LogP contribution < -0.4 is 19.7 Å². The molecule has 0 aliphatic carbocycles. The number of fused-ring (bicyclic) bond motifs is 1. The fraction of sp³-hybridized carbons (Fsp3) is 0.391. The third-order valence-corrected chi connectivity index (χ3v) is 7.96. The summed E-state index contributed by atoms with van der Waals surface area (Å²) in [7, 11) is -0.932. The Morgan fingerprint density at radius 3 is 2.59 bits per heavy atom. The molecule has 1 N–H and O–H groups in total. The van der Waals surface area contributed by atoms with E-state index in [1.165, 1.54) is 13.1 Å². The summed E-state index contributed by atoms with van der Waals surface area (Å²) < 4.78 is 38.3. The quantitative estimate of drug-likeness (QED) is 0.653. The molecule has 2 aliphatic rings. The molecule has 2 aromatic rings. The van der Waals surface area contributed by atoms with Gasteiger partial charge in [0.05, 0.1) is 29.9 Å². The SMILES string of the molecule is COc1ccccc1N1CCN(C(=O)CN(C)S(=O)(=O)c2cc3c(cc2C)NC(=O)CO3)CC1. The van der Waals surface area contributed by atoms with Gasteiger partial charge in [0.2, 0.25) is 15.9 Å². The Hall–Kier alpha value is -3.31. The standard InChI is InChI=1S/C23H28N4O6S/c1-16-12-17-20(33-15-22(28)24-17)13-21(16)34(30,31)25(2)14-23(29)27-10-8-26(9-11-27)18-6-4-5-7-19(18)32-3/h4-7,12-13H,8-11,14-15H2,1-3H3,(H,24,28). The van der Waals surface area contributed by atoms with E-state index in [1.807, 2.05) is 24.3 Å². The molecule has 10 nitrogen and oxygen atoms in total. The number of sulfonamides is 1. The lowest BCUT2D eigenvalue weighted by molar-refractivity contribution is -0.131. The van der Waals surface area contributed by atoms with Crippen LogP contribution in [0.2, 0.25) is 0 Å². The highest BCUT2D eigenvalue weighted by Gasteiger charge is 2.30. The number of anilines is 2. The number of likely N-dealkylation sites (N-methyl/N-ethyl adjacent to an activating group) is 1. The fourth-order valence-corrected chi connectivity index (χ4v) is 5.46. The number of nitrogens with one attached hydrogen (secondary N) is 1. The summed E-state index contributed by atoms with van der Waals surface area (Å²) in [6.07, 6.45) is 0. The summed E-state index contributed by atoms with van der Waals surface area (Å²) >= 11 is 0. The molecule has 0 unspecified atom stereocenters. The van der Waals surface area contributed by atoms with Gasteiger partial charge in [-0.3, -0.25) is 9.59 Å². The number of rotatable bonds is 6. The number of aryl methyl sites for hydroxylation is 1. The van der Waals surface area contributed by atoms with E-state index in [0.29, 0.717) is 37.4 Å². The molecule has 0 bridgehead atoms. The maximum absolute atomic E-state index is 13.2. The van der Waals surface area contributed by atoms with E-state index in [0.717, 1.165) is 15.7 Å². The van der Waals surface area contributed by atoms with Crippen LogP contribution >= 0.6 is 0 Å². The Bertz CT molecular complexity index is 1210. The molecular formula is C23H28N4O6S. The summed E-state index contributed by atoms with van der Waals surface area (Å²) in [6, 6.07) is 10.7. The highest BCUT2D eigenvalue weighted by atomic mass is 32.2. The minimum absolute atomic E-state index is 0.0405. The predicted molar refractivity (Wildman–Crippen MR) is 127 cm³/mol. The molecule has 0 saturated carbocycles. The molecule has 0 radical (unpaired) electrons. The molecule has 182 valence electrons. The number of nitrogens with zero attached hydrogens (tertiary/aromatic N) is 3. The number of carbonyl (C=O) groups is 2. The number of methoxy groups -OCH3 is 1. The van der Waals surface area contributed by atoms with Crippen molar-refractivity contribution in [3.63, 3.8) is 0 Å². The van der Waals surface area contributed by atoms with Gasteiger partial charge in [-0.15, -0.1) is 0 Å². The van der Waals surface area contributed by atoms with Crippen molar-refractivity contribution in [2.75, 3.05) is 63.7 Å². The number of ether oxygens (including phenoxy) is 2. The first kappa shape index (κ1) is 23.8. The van der Waals surface area contributed by atoms with Crippen molar-refractivity contribution in [1.82, 2.24) is 9.21 Å². The second-order valence-electron chi connectivity index (χ2n) is 8.25. The van der Waals surface area contributed by atoms with E-state index in [1.54, 1.807) is 25.0 Å². The Morgan fingerprint density at radius 1 is 1.18 bits per heavy atom. The third-order valence-electron chi connectivity index (χ3n) is 6.01. The van der Waals surface area contributed by atoms with E-state index in [-0.39, 0.29) is 35.6 Å². The van der Waals surface area contributed by atoms with Crippen molar-refractivity contribution in [2.24, 2.45) is 0 Å². The number of carbonyl (C=O) groups excluding carboxylic acids is 2. The van der Waals surface area contributed by atoms with Gasteiger partial charge >= 0.3 is 0 Å². The molecule has 2 aliphatic heterocycles. The lowest BCUT2D eigenvalue weighted by atomic mass is 10.2. The van der Waals surface area contributed by atoms with Crippen LogP contribution in [0.15, 0.2) is 41.3 Å². The van der Waals surface area contributed by atoms with Crippen LogP contribution in [0.1, 0.15) is 5.56 Å². The molecule has 11 heteroatoms. The maximum Gasteiger partial charge on any atom is 0.262 e. The van der Waals surface area contributed by atoms with Gasteiger partial charge in [0.1, 0.15) is 11.5 Å². The molecule has 0 aromatic heterocycles. The fourth-order valence-electron chi connectivity index (χ4n) is 4.13. The molecule has 1 saturated heterocycles. The number of hydrogen-bond donors (Lipinski definition) is 1. The average Bonchev–Trinajstić information content (AvgIpc) is 2.83. The smallest absolute Gasteiger partial charge is 0.262 e. The Morgan fingerprint density at radius 2 is 1.88 bits per heavy atom. The van der Waals surface area contributed by atoms with E-state index in [4.69, 9.17) is 9.47 Å². The number of hydrogen-bond acceptors (Lipinski definition) is 7. The van der Waals surface area contributed by atoms with Crippen molar-refractivity contribution in [1.29, 1.82) is 0 Å². The zero-order valence-electron chi connectivity index (χ0n) is 19.4. The Balaban J connectivity index is 1.41. The lowest BCUT2D eigenvalue weighted by Crippen LogP contribution is -2.51. The van der Waals surface area contributed by atoms with Crippen molar-refractivity contribution >= 4 is 33.2 Å². The van der Waals surface area contributed by atoms with Gasteiger partial charge in [-0.2, -0.15) is 4.31 Å². The molecule has 2 aromatic carbocycles. The van der Waals surface area contributed by atoms with Gasteiger partial charge in [-0.1, -0.05) is 12.1 Å². The summed E-state index contributed by atoms with van der Waals surface area (Å²) in [5.74, 6) is 0.508. The molecular weight excluding hydrogens is 460 g/mol. The monoisotopic (exact) mass is 488 g/mol. The topological polar surface area (TPSA) is 108 Å². The summed E-state index contributed by atoms with van der Waals surface area (Å²) in [4.78, 5) is 28.3. The molecule has 0 spiro atoms. The van der Waals surface area contributed by atoms with Gasteiger partial charge < -0.3 is 24.6 Å². The lowest BCUT2D eigenvalue weighted by Gasteiger charge is -2.37. The van der Waals surface area contributed by atoms with Crippen molar-refractivity contribution < 1.29 is 27.5 Å². The number of benzene rings is 2. The van der Waals surface area contributed by atoms with Crippen LogP contribution in [-0.4, -0.2) is 82.9 Å². The van der Waals surface area contributed by atoms with Crippen LogP contribution in [0.5, 0.6) is 11.5 Å². The van der Waals surface area contributed by atoms with Crippen LogP contribution in [0.4, 0.5) is 11.4 Å². The summed E-state index contributed by atoms with van der Waals surface area (Å²) in [5.41, 5.74) is 1.85. The van der Waals surface area contributed by atoms with Gasteiger partial charge in [-0.05, 0) is 30.7 Å². The van der Waals surface area contributed by atoms with E-state index in [2.05, 4.69) is 10.2 Å². The highest BCUT2D eigenvalue weighted by molar-refractivity contribution is 7.89. The van der Waals surface area contributed by atoms with Crippen LogP contribution in [0.3, 0.4) is 0 Å². The molecule has 0 atom stereocenters. The first-order chi connectivity index (χ1) is 16.2. The van der Waals surface area contributed by atoms with Crippen LogP contribution in [-0.2, 0) is 19.6 Å². The van der Waals surface area contributed by atoms with Crippen LogP contribution in [0, 0.1) is 6.92 Å². The van der Waals surface area contributed by atoms with Gasteiger partial charge in [-0.25, -0.2) is 8.42 Å². The number of amides is 2. The molecule has 4 rings (SSSR count). The average molecular weight is 489 g/mol. The largest absolute Gasteiger partial charge is 0.495 e. The third kappa shape index (κ3) is 4.66. The summed E-state index contributed by atoms with van der Waals surface area (Å²) in [5, 5.41) is 2.66. The minimum Gasteiger partial charge on any atom is -0.495 e. The van der Waals surface area contributed by atoms with Gasteiger partial charge in [0.25, 0.3) is 5.91 Å². The zero-order valence-corrected chi connectivity index (χ0v) is 20.2. The number of para-hydroxylation sites is 2. The second kappa shape index (κ2) is 9.51. The first-order valence-corrected chi connectivity index (χ1v) is 12.3. The van der Waals surface area contributed by atoms with Gasteiger partial charge in [0, 0.05) is 39.3 Å². The Labute approximate surface area is 199 Å². The second-order valence-corrected chi connectivity index (χ2v) is 10.3. The van der Waals surface area contributed by atoms with Crippen molar-refractivity contribution in [3.05, 3.63) is 42.0 Å². The number of piperazine rings is 1. The molecule has 34 heavy (non-hydrogen) atoms. The molecule has 2 heterocycles. The van der Waals surface area contributed by atoms with Gasteiger partial charge in [0.15, 0.2) is 6.61 Å². The molecule has 2 amide bonds. The van der Waals surface area contributed by atoms with E-state index >= 15 is 0 Å². The van der Waals surface area contributed by atoms with Crippen LogP contribution in [0.25, 0.3) is 0 Å². The zero-order chi connectivity index (χ0) is 24.5.